The second kappa shape index (κ2) is 10.7. The summed E-state index contributed by atoms with van der Waals surface area (Å²) in [4.78, 5) is 18.4. The molecule has 0 bridgehead atoms. The van der Waals surface area contributed by atoms with Gasteiger partial charge in [-0.25, -0.2) is 0 Å². The summed E-state index contributed by atoms with van der Waals surface area (Å²) < 4.78 is 0. The zero-order valence-electron chi connectivity index (χ0n) is 18.9. The predicted octanol–water partition coefficient (Wildman–Crippen LogP) is 1.31. The Labute approximate surface area is 187 Å². The van der Waals surface area contributed by atoms with Crippen molar-refractivity contribution in [2.45, 2.75) is 26.3 Å². The fourth-order valence-corrected chi connectivity index (χ4v) is 5.09. The van der Waals surface area contributed by atoms with Crippen LogP contribution in [0.2, 0.25) is 0 Å². The van der Waals surface area contributed by atoms with Crippen molar-refractivity contribution in [3.8, 4) is 0 Å². The topological polar surface area (TPSA) is 29.2 Å². The van der Waals surface area contributed by atoms with Gasteiger partial charge < -0.3 is 14.7 Å². The maximum Gasteiger partial charge on any atom is 0.226 e. The first kappa shape index (κ1) is 21.8. The number of likely N-dealkylation sites (tertiary alicyclic amines) is 1. The normalized spacial score (nSPS) is 23.0. The molecule has 2 aliphatic rings. The summed E-state index contributed by atoms with van der Waals surface area (Å²) in [6.45, 7) is 10.5. The first-order chi connectivity index (χ1) is 15.2. The fourth-order valence-electron chi connectivity index (χ4n) is 5.09. The van der Waals surface area contributed by atoms with E-state index in [1.165, 1.54) is 16.7 Å². The molecule has 4 nitrogen and oxygen atoms in total. The summed E-state index contributed by atoms with van der Waals surface area (Å²) in [7, 11) is 0. The Morgan fingerprint density at radius 2 is 1.52 bits per heavy atom. The fraction of sp³-hybridized carbons (Fsp3) is 0.444. The van der Waals surface area contributed by atoms with Gasteiger partial charge in [-0.15, -0.1) is 0 Å². The molecule has 164 valence electrons. The zero-order chi connectivity index (χ0) is 21.5. The quantitative estimate of drug-likeness (QED) is 0.727. The second-order valence-electron chi connectivity index (χ2n) is 9.34. The molecule has 2 aromatic carbocycles. The van der Waals surface area contributed by atoms with Crippen LogP contribution in [0.25, 0.3) is 6.08 Å². The summed E-state index contributed by atoms with van der Waals surface area (Å²) in [6.07, 6.45) is 4.36. The van der Waals surface area contributed by atoms with Gasteiger partial charge in [0.1, 0.15) is 6.54 Å². The number of rotatable bonds is 6. The van der Waals surface area contributed by atoms with Gasteiger partial charge in [-0.2, -0.15) is 0 Å². The van der Waals surface area contributed by atoms with Gasteiger partial charge in [0.05, 0.1) is 45.8 Å². The Hall–Kier alpha value is -2.43. The van der Waals surface area contributed by atoms with Crippen LogP contribution in [0.15, 0.2) is 66.2 Å². The van der Waals surface area contributed by atoms with Gasteiger partial charge >= 0.3 is 0 Å². The highest BCUT2D eigenvalue weighted by atomic mass is 16.2. The number of piperidine rings is 1. The lowest BCUT2D eigenvalue weighted by Gasteiger charge is -2.36. The standard InChI is InChI=1S/C27H35N3O/c1-23(20-24-8-4-2-5-9-24)21-28-14-12-26(13-15-28)27(31)30-18-16-29(17-19-30)22-25-10-6-3-7-11-25/h2-11,20,26H,12-19,21-22H2,1H3/p+2/b23-20+. The van der Waals surface area contributed by atoms with Crippen molar-refractivity contribution >= 4 is 12.0 Å². The third kappa shape index (κ3) is 6.28. The van der Waals surface area contributed by atoms with Crippen molar-refractivity contribution in [3.05, 3.63) is 77.4 Å². The van der Waals surface area contributed by atoms with E-state index in [1.54, 1.807) is 9.80 Å². The number of benzene rings is 2. The molecule has 4 heteroatoms. The molecule has 2 aromatic rings. The number of nitrogens with zero attached hydrogens (tertiary/aromatic N) is 1. The molecular weight excluding hydrogens is 382 g/mol. The van der Waals surface area contributed by atoms with E-state index in [1.807, 2.05) is 0 Å². The van der Waals surface area contributed by atoms with Gasteiger partial charge in [0.25, 0.3) is 0 Å². The van der Waals surface area contributed by atoms with Crippen LogP contribution < -0.4 is 9.80 Å². The van der Waals surface area contributed by atoms with E-state index >= 15 is 0 Å². The monoisotopic (exact) mass is 419 g/mol. The lowest BCUT2D eigenvalue weighted by Crippen LogP contribution is -3.13. The average Bonchev–Trinajstić information content (AvgIpc) is 2.81. The van der Waals surface area contributed by atoms with Crippen LogP contribution >= 0.6 is 0 Å². The van der Waals surface area contributed by atoms with Crippen LogP contribution in [0.3, 0.4) is 0 Å². The highest BCUT2D eigenvalue weighted by Crippen LogP contribution is 2.14. The number of hydrogen-bond acceptors (Lipinski definition) is 1. The molecule has 31 heavy (non-hydrogen) atoms. The van der Waals surface area contributed by atoms with E-state index in [0.717, 1.165) is 65.2 Å². The number of carbonyl (C=O) groups excluding carboxylic acids is 1. The maximum absolute atomic E-state index is 13.1. The highest BCUT2D eigenvalue weighted by molar-refractivity contribution is 5.79. The third-order valence-electron chi connectivity index (χ3n) is 6.86. The first-order valence-corrected chi connectivity index (χ1v) is 11.9. The van der Waals surface area contributed by atoms with Crippen molar-refractivity contribution in [1.29, 1.82) is 0 Å². The summed E-state index contributed by atoms with van der Waals surface area (Å²) in [5, 5.41) is 0. The first-order valence-electron chi connectivity index (χ1n) is 11.9. The Morgan fingerprint density at radius 3 is 2.16 bits per heavy atom. The number of nitrogens with one attached hydrogen (secondary N) is 2. The lowest BCUT2D eigenvalue weighted by atomic mass is 9.94. The van der Waals surface area contributed by atoms with Crippen LogP contribution in [0.5, 0.6) is 0 Å². The van der Waals surface area contributed by atoms with E-state index in [-0.39, 0.29) is 5.92 Å². The van der Waals surface area contributed by atoms with E-state index in [9.17, 15) is 4.79 Å². The van der Waals surface area contributed by atoms with Crippen molar-refractivity contribution in [1.82, 2.24) is 4.90 Å². The molecule has 0 spiro atoms. The molecular formula is C27H37N3O+2. The number of piperazine rings is 1. The minimum atomic E-state index is 0.234. The molecule has 2 saturated heterocycles. The molecule has 0 radical (unpaired) electrons. The molecule has 0 aromatic heterocycles. The Bertz CT molecular complexity index is 849. The summed E-state index contributed by atoms with van der Waals surface area (Å²) in [6, 6.07) is 21.3. The van der Waals surface area contributed by atoms with E-state index in [4.69, 9.17) is 0 Å². The van der Waals surface area contributed by atoms with E-state index in [2.05, 4.69) is 78.6 Å². The predicted molar refractivity (Wildman–Crippen MR) is 126 cm³/mol. The number of quaternary nitrogens is 2. The van der Waals surface area contributed by atoms with Crippen molar-refractivity contribution in [3.63, 3.8) is 0 Å². The second-order valence-corrected chi connectivity index (χ2v) is 9.34. The number of amides is 1. The van der Waals surface area contributed by atoms with Gasteiger partial charge in [0.2, 0.25) is 5.91 Å². The van der Waals surface area contributed by atoms with E-state index < -0.39 is 0 Å². The number of hydrogen-bond donors (Lipinski definition) is 2. The molecule has 2 heterocycles. The smallest absolute Gasteiger partial charge is 0.226 e. The highest BCUT2D eigenvalue weighted by Gasteiger charge is 2.32. The molecule has 0 unspecified atom stereocenters. The van der Waals surface area contributed by atoms with Gasteiger partial charge in [-0.05, 0) is 18.1 Å². The molecule has 1 amide bonds. The van der Waals surface area contributed by atoms with Crippen molar-refractivity contribution in [2.24, 2.45) is 5.92 Å². The average molecular weight is 420 g/mol. The molecule has 2 aliphatic heterocycles. The van der Waals surface area contributed by atoms with Crippen LogP contribution in [0.1, 0.15) is 30.9 Å². The summed E-state index contributed by atoms with van der Waals surface area (Å²) >= 11 is 0. The molecule has 0 atom stereocenters. The van der Waals surface area contributed by atoms with E-state index in [0.29, 0.717) is 5.91 Å². The van der Waals surface area contributed by atoms with Crippen LogP contribution in [-0.2, 0) is 11.3 Å². The van der Waals surface area contributed by atoms with Crippen LogP contribution in [0, 0.1) is 5.92 Å². The third-order valence-corrected chi connectivity index (χ3v) is 6.86. The Balaban J connectivity index is 1.19. The maximum atomic E-state index is 13.1. The lowest BCUT2D eigenvalue weighted by molar-refractivity contribution is -0.917. The number of carbonyl (C=O) groups is 1. The van der Waals surface area contributed by atoms with Gasteiger partial charge in [-0.1, -0.05) is 66.7 Å². The van der Waals surface area contributed by atoms with Crippen molar-refractivity contribution < 1.29 is 14.6 Å². The molecule has 0 aliphatic carbocycles. The Kier molecular flexibility index (Phi) is 7.55. The van der Waals surface area contributed by atoms with Crippen LogP contribution in [0.4, 0.5) is 0 Å². The van der Waals surface area contributed by atoms with Crippen molar-refractivity contribution in [2.75, 3.05) is 45.8 Å². The molecule has 2 N–H and O–H groups in total. The largest absolute Gasteiger partial charge is 0.331 e. The van der Waals surface area contributed by atoms with Gasteiger partial charge in [0, 0.05) is 24.3 Å². The molecule has 4 rings (SSSR count). The van der Waals surface area contributed by atoms with Gasteiger partial charge in [0.15, 0.2) is 0 Å². The van der Waals surface area contributed by atoms with Crippen LogP contribution in [-0.4, -0.2) is 56.6 Å². The minimum absolute atomic E-state index is 0.234. The van der Waals surface area contributed by atoms with Gasteiger partial charge in [-0.3, -0.25) is 4.79 Å². The minimum Gasteiger partial charge on any atom is -0.331 e. The zero-order valence-corrected chi connectivity index (χ0v) is 18.9. The summed E-state index contributed by atoms with van der Waals surface area (Å²) in [5.41, 5.74) is 4.09. The Morgan fingerprint density at radius 1 is 0.903 bits per heavy atom. The molecule has 2 fully saturated rings. The summed E-state index contributed by atoms with van der Waals surface area (Å²) in [5.74, 6) is 0.646. The molecule has 0 saturated carbocycles. The SMILES string of the molecule is C/C(=C\c1ccccc1)C[NH+]1CCC(C(=O)N2CC[NH+](Cc3ccccc3)CC2)CC1.